The lowest BCUT2D eigenvalue weighted by Crippen LogP contribution is -2.60. The van der Waals surface area contributed by atoms with E-state index >= 15 is 0 Å². The zero-order chi connectivity index (χ0) is 32.0. The lowest BCUT2D eigenvalue weighted by atomic mass is 9.71. The van der Waals surface area contributed by atoms with Crippen LogP contribution in [-0.4, -0.2) is 71.4 Å². The quantitative estimate of drug-likeness (QED) is 0.432. The summed E-state index contributed by atoms with van der Waals surface area (Å²) in [7, 11) is 0. The van der Waals surface area contributed by atoms with E-state index in [1.54, 1.807) is 24.5 Å². The predicted molar refractivity (Wildman–Crippen MR) is 148 cm³/mol. The smallest absolute Gasteiger partial charge is 0.342 e. The zero-order valence-corrected chi connectivity index (χ0v) is 24.0. The minimum Gasteiger partial charge on any atom is -0.342 e. The molecule has 10 nitrogen and oxygen atoms in total. The summed E-state index contributed by atoms with van der Waals surface area (Å²) in [5.41, 5.74) is -3.02. The van der Waals surface area contributed by atoms with Crippen LogP contribution in [0.15, 0.2) is 41.4 Å². The number of aliphatic imine (C=N–C) groups is 1. The summed E-state index contributed by atoms with van der Waals surface area (Å²) >= 11 is 0. The monoisotopic (exact) mass is 605 g/mol. The molecule has 2 saturated heterocycles. The molecule has 1 spiro atoms. The Bertz CT molecular complexity index is 1430. The van der Waals surface area contributed by atoms with Gasteiger partial charge in [-0.25, -0.2) is 4.39 Å². The predicted octanol–water partition coefficient (Wildman–Crippen LogP) is 2.56. The number of nitrogens with zero attached hydrogens (tertiary/aromatic N) is 3. The van der Waals surface area contributed by atoms with Crippen LogP contribution in [0, 0.1) is 29.1 Å². The summed E-state index contributed by atoms with van der Waals surface area (Å²) in [5, 5.41) is 7.07. The number of fused-ring (bicyclic) bond motifs is 2. The van der Waals surface area contributed by atoms with E-state index in [9.17, 15) is 36.7 Å². The molecule has 6 atom stereocenters. The number of carbonyl (C=O) groups excluding carboxylic acids is 4. The first kappa shape index (κ1) is 31.7. The summed E-state index contributed by atoms with van der Waals surface area (Å²) in [6, 6.07) is 2.10. The third kappa shape index (κ3) is 6.11. The van der Waals surface area contributed by atoms with Gasteiger partial charge in [-0.1, -0.05) is 43.8 Å². The van der Waals surface area contributed by atoms with E-state index < -0.39 is 70.4 Å². The van der Waals surface area contributed by atoms with E-state index in [1.165, 1.54) is 43.9 Å². The fourth-order valence-electron chi connectivity index (χ4n) is 6.05. The average Bonchev–Trinajstić information content (AvgIpc) is 3.39. The number of nitrogens with one attached hydrogen (secondary N) is 3. The molecule has 230 valence electrons. The van der Waals surface area contributed by atoms with Crippen LogP contribution in [0.2, 0.25) is 0 Å². The molecule has 3 aliphatic heterocycles. The second-order valence-electron chi connectivity index (χ2n) is 12.4. The van der Waals surface area contributed by atoms with Crippen molar-refractivity contribution in [3.05, 3.63) is 52.6 Å². The first-order valence-corrected chi connectivity index (χ1v) is 13.6. The van der Waals surface area contributed by atoms with E-state index in [1.807, 2.05) is 6.08 Å². The number of hydrogen-bond acceptors (Lipinski definition) is 5. The van der Waals surface area contributed by atoms with E-state index in [4.69, 9.17) is 6.57 Å². The third-order valence-corrected chi connectivity index (χ3v) is 8.17. The average molecular weight is 606 g/mol. The molecule has 1 aromatic carbocycles. The summed E-state index contributed by atoms with van der Waals surface area (Å²) in [6.07, 6.45) is -1.38. The number of rotatable bonds is 6. The number of likely N-dealkylation sites (tertiary alicyclic amines) is 1. The standard InChI is InChI=1S/C29H32F4N6O4/c1-26(2,3)21(37-25(43)29(31,32)33)22(40)36-18(13-16-8-6-9-17(30)12-16)23(41)39-15-28(14-20(39)34-5)19-10-7-11-35-27(19,4)38-24(28)42/h5-12,18-21H,13-15H2,1-4H3,(H2-,36,37,38,40,42,43)/p+1/t18-,19?,20-,21+,27?,28-/m0/s1. The highest BCUT2D eigenvalue weighted by molar-refractivity contribution is 5.95. The molecule has 3 N–H and O–H groups in total. The SMILES string of the molecule is C#[N+][C@@H]1C[C@@]2(CN1C(=O)[C@H](Cc1cccc(F)c1)NC(=O)[C@@H](NC(=O)C(F)(F)F)C(C)(C)C)C(=O)NC1(C)N=CC=CC12. The van der Waals surface area contributed by atoms with Gasteiger partial charge in [-0.3, -0.25) is 29.1 Å². The number of carbonyl (C=O) groups is 4. The number of allylic oxidation sites excluding steroid dienone is 1. The molecular weight excluding hydrogens is 572 g/mol. The van der Waals surface area contributed by atoms with E-state index in [0.29, 0.717) is 5.56 Å². The Morgan fingerprint density at radius 2 is 1.93 bits per heavy atom. The summed E-state index contributed by atoms with van der Waals surface area (Å²) in [5.74, 6) is -5.56. The Morgan fingerprint density at radius 3 is 2.53 bits per heavy atom. The van der Waals surface area contributed by atoms with Gasteiger partial charge in [0.2, 0.25) is 11.8 Å². The van der Waals surface area contributed by atoms with Gasteiger partial charge in [-0.2, -0.15) is 13.2 Å². The van der Waals surface area contributed by atoms with Gasteiger partial charge in [-0.15, -0.1) is 0 Å². The Morgan fingerprint density at radius 1 is 1.23 bits per heavy atom. The first-order valence-electron chi connectivity index (χ1n) is 13.6. The molecule has 0 saturated carbocycles. The maximum atomic E-state index is 14.1. The lowest BCUT2D eigenvalue weighted by Gasteiger charge is -2.34. The van der Waals surface area contributed by atoms with Crippen LogP contribution >= 0.6 is 0 Å². The van der Waals surface area contributed by atoms with E-state index in [0.717, 1.165) is 6.07 Å². The van der Waals surface area contributed by atoms with Crippen LogP contribution in [0.1, 0.15) is 39.7 Å². The van der Waals surface area contributed by atoms with Gasteiger partial charge < -0.3 is 16.0 Å². The Labute approximate surface area is 245 Å². The van der Waals surface area contributed by atoms with Crippen molar-refractivity contribution in [1.82, 2.24) is 20.9 Å². The van der Waals surface area contributed by atoms with Crippen LogP contribution in [0.25, 0.3) is 4.85 Å². The molecular formula is C29H33F4N6O4+. The highest BCUT2D eigenvalue weighted by Gasteiger charge is 2.67. The van der Waals surface area contributed by atoms with Crippen LogP contribution in [0.3, 0.4) is 0 Å². The van der Waals surface area contributed by atoms with E-state index in [2.05, 4.69) is 20.5 Å². The third-order valence-electron chi connectivity index (χ3n) is 8.17. The van der Waals surface area contributed by atoms with Crippen molar-refractivity contribution in [1.29, 1.82) is 0 Å². The van der Waals surface area contributed by atoms with E-state index in [-0.39, 0.29) is 25.3 Å². The van der Waals surface area contributed by atoms with Gasteiger partial charge in [-0.05, 0) is 36.1 Å². The molecule has 0 radical (unpaired) electrons. The number of hydrogen-bond donors (Lipinski definition) is 3. The van der Waals surface area contributed by atoms with Gasteiger partial charge >= 0.3 is 18.2 Å². The number of alkyl halides is 3. The highest BCUT2D eigenvalue weighted by Crippen LogP contribution is 2.52. The van der Waals surface area contributed by atoms with Gasteiger partial charge in [0.1, 0.15) is 23.6 Å². The molecule has 43 heavy (non-hydrogen) atoms. The zero-order valence-electron chi connectivity index (χ0n) is 24.0. The molecule has 4 rings (SSSR count). The maximum absolute atomic E-state index is 14.1. The van der Waals surface area contributed by atoms with Crippen molar-refractivity contribution in [2.75, 3.05) is 6.54 Å². The fraction of sp³-hybridized carbons (Fsp3) is 0.517. The number of benzene rings is 1. The van der Waals surface area contributed by atoms with Gasteiger partial charge in [0.05, 0.1) is 11.8 Å². The first-order chi connectivity index (χ1) is 19.9. The second kappa shape index (κ2) is 11.1. The Balaban J connectivity index is 1.67. The van der Waals surface area contributed by atoms with Gasteiger partial charge in [0.25, 0.3) is 12.5 Å². The summed E-state index contributed by atoms with van der Waals surface area (Å²) in [4.78, 5) is 62.2. The highest BCUT2D eigenvalue weighted by atomic mass is 19.4. The fourth-order valence-corrected chi connectivity index (χ4v) is 6.05. The lowest BCUT2D eigenvalue weighted by molar-refractivity contribution is -0.175. The summed E-state index contributed by atoms with van der Waals surface area (Å²) in [6.45, 7) is 11.6. The molecule has 14 heteroatoms. The Kier molecular flexibility index (Phi) is 8.16. The van der Waals surface area contributed by atoms with Crippen molar-refractivity contribution in [3.8, 4) is 6.57 Å². The van der Waals surface area contributed by atoms with Crippen LogP contribution in [0.4, 0.5) is 17.6 Å². The van der Waals surface area contributed by atoms with Crippen molar-refractivity contribution >= 4 is 29.8 Å². The Hall–Kier alpha value is -4.28. The molecule has 0 aromatic heterocycles. The molecule has 3 heterocycles. The molecule has 3 aliphatic rings. The normalized spacial score (nSPS) is 27.7. The minimum atomic E-state index is -5.26. The molecule has 2 unspecified atom stereocenters. The largest absolute Gasteiger partial charge is 0.471 e. The van der Waals surface area contributed by atoms with Crippen molar-refractivity contribution in [3.63, 3.8) is 0 Å². The molecule has 0 aliphatic carbocycles. The number of amides is 4. The number of dihydropyridines is 1. The molecule has 2 fully saturated rings. The van der Waals surface area contributed by atoms with Crippen LogP contribution in [-0.2, 0) is 25.6 Å². The molecule has 0 bridgehead atoms. The van der Waals surface area contributed by atoms with Crippen molar-refractivity contribution in [2.24, 2.45) is 21.7 Å². The van der Waals surface area contributed by atoms with Crippen molar-refractivity contribution < 1.29 is 36.7 Å². The van der Waals surface area contributed by atoms with Gasteiger partial charge in [0, 0.05) is 25.1 Å². The van der Waals surface area contributed by atoms with Gasteiger partial charge in [0.15, 0.2) is 0 Å². The second-order valence-corrected chi connectivity index (χ2v) is 12.4. The molecule has 4 amide bonds. The van der Waals surface area contributed by atoms with Crippen LogP contribution < -0.4 is 16.0 Å². The summed E-state index contributed by atoms with van der Waals surface area (Å²) < 4.78 is 53.3. The number of halogens is 4. The van der Waals surface area contributed by atoms with Crippen LogP contribution in [0.5, 0.6) is 0 Å². The molecule has 1 aromatic rings. The topological polar surface area (TPSA) is 124 Å². The van der Waals surface area contributed by atoms with Crippen molar-refractivity contribution in [2.45, 2.75) is 70.6 Å². The maximum Gasteiger partial charge on any atom is 0.471 e. The minimum absolute atomic E-state index is 0.0497.